The van der Waals surface area contributed by atoms with Gasteiger partial charge in [0, 0.05) is 5.92 Å². The fourth-order valence-electron chi connectivity index (χ4n) is 2.64. The Kier molecular flexibility index (Phi) is 5.73. The first-order chi connectivity index (χ1) is 7.13. The largest absolute Gasteiger partial charge is 0.298 e. The third kappa shape index (κ3) is 4.58. The maximum atomic E-state index is 11.9. The summed E-state index contributed by atoms with van der Waals surface area (Å²) in [5.74, 6) is 4.25. The van der Waals surface area contributed by atoms with E-state index in [1.54, 1.807) is 0 Å². The van der Waals surface area contributed by atoms with Gasteiger partial charge in [0.2, 0.25) is 0 Å². The van der Waals surface area contributed by atoms with Crippen LogP contribution in [-0.2, 0) is 4.79 Å². The number of thioether (sulfide) groups is 1. The second kappa shape index (κ2) is 6.57. The maximum absolute atomic E-state index is 11.9. The number of carbonyl (C=O) groups excluding carboxylic acids is 1. The van der Waals surface area contributed by atoms with E-state index in [1.807, 2.05) is 11.8 Å². The van der Waals surface area contributed by atoms with Crippen molar-refractivity contribution >= 4 is 17.5 Å². The monoisotopic (exact) mass is 228 g/mol. The number of rotatable bonds is 5. The number of ketones is 1. The molecule has 0 amide bonds. The zero-order valence-corrected chi connectivity index (χ0v) is 11.1. The van der Waals surface area contributed by atoms with Gasteiger partial charge in [0.05, 0.1) is 5.75 Å². The second-order valence-electron chi connectivity index (χ2n) is 5.13. The molecule has 1 aliphatic carbocycles. The molecule has 88 valence electrons. The van der Waals surface area contributed by atoms with Crippen molar-refractivity contribution in [3.63, 3.8) is 0 Å². The summed E-state index contributed by atoms with van der Waals surface area (Å²) >= 11 is 1.81. The normalized spacial score (nSPS) is 31.5. The molecule has 0 N–H and O–H groups in total. The highest BCUT2D eigenvalue weighted by Crippen LogP contribution is 2.33. The summed E-state index contributed by atoms with van der Waals surface area (Å²) in [7, 11) is 0. The highest BCUT2D eigenvalue weighted by Gasteiger charge is 2.28. The van der Waals surface area contributed by atoms with E-state index in [4.69, 9.17) is 0 Å². The van der Waals surface area contributed by atoms with Crippen molar-refractivity contribution in [1.29, 1.82) is 0 Å². The molecule has 2 heteroatoms. The van der Waals surface area contributed by atoms with Gasteiger partial charge in [0.15, 0.2) is 0 Å². The highest BCUT2D eigenvalue weighted by atomic mass is 32.2. The van der Waals surface area contributed by atoms with Crippen LogP contribution in [0.5, 0.6) is 0 Å². The molecule has 0 bridgehead atoms. The number of hydrogen-bond acceptors (Lipinski definition) is 2. The Hall–Kier alpha value is 0.0200. The zero-order chi connectivity index (χ0) is 11.3. The first kappa shape index (κ1) is 13.1. The molecule has 2 unspecified atom stereocenters. The topological polar surface area (TPSA) is 17.1 Å². The van der Waals surface area contributed by atoms with E-state index in [0.717, 1.165) is 36.2 Å². The molecule has 15 heavy (non-hydrogen) atoms. The van der Waals surface area contributed by atoms with Gasteiger partial charge in [-0.05, 0) is 43.3 Å². The Morgan fingerprint density at radius 3 is 2.33 bits per heavy atom. The molecule has 2 atom stereocenters. The van der Waals surface area contributed by atoms with Gasteiger partial charge < -0.3 is 0 Å². The molecule has 1 fully saturated rings. The lowest BCUT2D eigenvalue weighted by atomic mass is 9.75. The zero-order valence-electron chi connectivity index (χ0n) is 10.3. The van der Waals surface area contributed by atoms with Gasteiger partial charge in [0.1, 0.15) is 5.78 Å². The van der Waals surface area contributed by atoms with Crippen LogP contribution in [0.25, 0.3) is 0 Å². The molecule has 0 aromatic heterocycles. The summed E-state index contributed by atoms with van der Waals surface area (Å²) in [6.07, 6.45) is 4.76. The smallest absolute Gasteiger partial charge is 0.145 e. The fourth-order valence-corrected chi connectivity index (χ4v) is 3.51. The minimum atomic E-state index is 0.369. The molecular weight excluding hydrogens is 204 g/mol. The first-order valence-electron chi connectivity index (χ1n) is 6.24. The lowest BCUT2D eigenvalue weighted by molar-refractivity contribution is -0.122. The van der Waals surface area contributed by atoms with Crippen LogP contribution in [0.1, 0.15) is 46.5 Å². The molecule has 1 aliphatic rings. The van der Waals surface area contributed by atoms with Gasteiger partial charge in [-0.1, -0.05) is 20.8 Å². The van der Waals surface area contributed by atoms with E-state index in [9.17, 15) is 4.79 Å². The minimum absolute atomic E-state index is 0.369. The molecule has 0 aliphatic heterocycles. The van der Waals surface area contributed by atoms with Crippen molar-refractivity contribution < 1.29 is 4.79 Å². The summed E-state index contributed by atoms with van der Waals surface area (Å²) in [6.45, 7) is 6.74. The van der Waals surface area contributed by atoms with Gasteiger partial charge in [-0.25, -0.2) is 0 Å². The van der Waals surface area contributed by atoms with Crippen LogP contribution in [0.3, 0.4) is 0 Å². The van der Waals surface area contributed by atoms with E-state index in [2.05, 4.69) is 20.8 Å². The summed E-state index contributed by atoms with van der Waals surface area (Å²) in [4.78, 5) is 11.9. The van der Waals surface area contributed by atoms with Gasteiger partial charge in [0.25, 0.3) is 0 Å². The summed E-state index contributed by atoms with van der Waals surface area (Å²) in [5.41, 5.74) is 0. The quantitative estimate of drug-likeness (QED) is 0.666. The van der Waals surface area contributed by atoms with Gasteiger partial charge in [-0.3, -0.25) is 4.79 Å². The van der Waals surface area contributed by atoms with Crippen LogP contribution in [0.2, 0.25) is 0 Å². The Labute approximate surface area is 98.4 Å². The maximum Gasteiger partial charge on any atom is 0.145 e. The van der Waals surface area contributed by atoms with E-state index < -0.39 is 0 Å². The lowest BCUT2D eigenvalue weighted by Gasteiger charge is -2.30. The predicted molar refractivity (Wildman–Crippen MR) is 68.3 cm³/mol. The van der Waals surface area contributed by atoms with E-state index >= 15 is 0 Å². The molecule has 0 aromatic rings. The third-order valence-corrected chi connectivity index (χ3v) is 4.41. The Morgan fingerprint density at radius 2 is 1.80 bits per heavy atom. The molecule has 0 aromatic carbocycles. The fraction of sp³-hybridized carbons (Fsp3) is 0.923. The van der Waals surface area contributed by atoms with Crippen molar-refractivity contribution in [1.82, 2.24) is 0 Å². The van der Waals surface area contributed by atoms with Crippen LogP contribution in [0.15, 0.2) is 0 Å². The van der Waals surface area contributed by atoms with Crippen molar-refractivity contribution in [3.05, 3.63) is 0 Å². The third-order valence-electron chi connectivity index (χ3n) is 3.23. The van der Waals surface area contributed by atoms with Crippen LogP contribution >= 0.6 is 11.8 Å². The van der Waals surface area contributed by atoms with E-state index in [0.29, 0.717) is 11.7 Å². The van der Waals surface area contributed by atoms with E-state index in [1.165, 1.54) is 12.8 Å². The molecule has 0 spiro atoms. The van der Waals surface area contributed by atoms with Crippen LogP contribution in [0, 0.1) is 17.8 Å². The SMILES string of the molecule is CCCSCC(=O)C1CC(C)CC(C)C1. The Bertz CT molecular complexity index is 193. The summed E-state index contributed by atoms with van der Waals surface area (Å²) in [6, 6.07) is 0. The molecule has 1 nitrogen and oxygen atoms in total. The van der Waals surface area contributed by atoms with Crippen LogP contribution in [-0.4, -0.2) is 17.3 Å². The van der Waals surface area contributed by atoms with Crippen molar-refractivity contribution in [3.8, 4) is 0 Å². The predicted octanol–water partition coefficient (Wildman–Crippen LogP) is 3.77. The van der Waals surface area contributed by atoms with E-state index in [-0.39, 0.29) is 0 Å². The van der Waals surface area contributed by atoms with Crippen LogP contribution in [0.4, 0.5) is 0 Å². The van der Waals surface area contributed by atoms with Crippen molar-refractivity contribution in [2.75, 3.05) is 11.5 Å². The second-order valence-corrected chi connectivity index (χ2v) is 6.24. The molecular formula is C13H24OS. The lowest BCUT2D eigenvalue weighted by Crippen LogP contribution is -2.27. The Morgan fingerprint density at radius 1 is 1.20 bits per heavy atom. The van der Waals surface area contributed by atoms with Crippen molar-refractivity contribution in [2.45, 2.75) is 46.5 Å². The van der Waals surface area contributed by atoms with Gasteiger partial charge >= 0.3 is 0 Å². The summed E-state index contributed by atoms with van der Waals surface area (Å²) in [5, 5.41) is 0. The number of Topliss-reactive ketones (excluding diaryl/α,β-unsaturated/α-hetero) is 1. The average molecular weight is 228 g/mol. The molecule has 0 saturated heterocycles. The first-order valence-corrected chi connectivity index (χ1v) is 7.39. The molecule has 0 heterocycles. The molecule has 0 radical (unpaired) electrons. The summed E-state index contributed by atoms with van der Waals surface area (Å²) < 4.78 is 0. The van der Waals surface area contributed by atoms with Gasteiger partial charge in [-0.15, -0.1) is 0 Å². The number of hydrogen-bond donors (Lipinski definition) is 0. The Balaban J connectivity index is 2.31. The van der Waals surface area contributed by atoms with Gasteiger partial charge in [-0.2, -0.15) is 11.8 Å². The van der Waals surface area contributed by atoms with Crippen LogP contribution < -0.4 is 0 Å². The van der Waals surface area contributed by atoms with Crippen molar-refractivity contribution in [2.24, 2.45) is 17.8 Å². The minimum Gasteiger partial charge on any atom is -0.298 e. The standard InChI is InChI=1S/C13H24OS/c1-4-5-15-9-13(14)12-7-10(2)6-11(3)8-12/h10-12H,4-9H2,1-3H3. The molecule has 1 rings (SSSR count). The average Bonchev–Trinajstić information content (AvgIpc) is 2.16. The highest BCUT2D eigenvalue weighted by molar-refractivity contribution is 7.99. The molecule has 1 saturated carbocycles. The number of carbonyl (C=O) groups is 1.